The Labute approximate surface area is 469 Å². The van der Waals surface area contributed by atoms with Gasteiger partial charge >= 0.3 is 47.8 Å². The molecule has 0 saturated heterocycles. The molecule has 418 valence electrons. The van der Waals surface area contributed by atoms with Gasteiger partial charge in [-0.15, -0.1) is 0 Å². The zero-order valence-electron chi connectivity index (χ0n) is 41.5. The van der Waals surface area contributed by atoms with Gasteiger partial charge in [-0.05, 0) is 30.1 Å². The highest BCUT2D eigenvalue weighted by Crippen LogP contribution is 2.44. The van der Waals surface area contributed by atoms with E-state index in [0.29, 0.717) is 12.8 Å². The average molecular weight is 1190 g/mol. The molecule has 2 amide bonds. The number of nitrogens with one attached hydrogen (secondary N) is 2. The van der Waals surface area contributed by atoms with Gasteiger partial charge in [0.2, 0.25) is 5.60 Å². The topological polar surface area (TPSA) is 269 Å². The average Bonchev–Trinajstić information content (AvgIpc) is 3.33. The molecule has 0 aliphatic heterocycles. The number of ether oxygens (including phenoxy) is 8. The third kappa shape index (κ3) is 29.6. The van der Waals surface area contributed by atoms with E-state index in [-0.39, 0.29) is 127 Å². The number of amides is 2. The largest absolute Gasteiger partial charge is 0.465 e. The molecule has 1 aliphatic carbocycles. The first-order valence-corrected chi connectivity index (χ1v) is 29.2. The van der Waals surface area contributed by atoms with E-state index in [2.05, 4.69) is 100 Å². The van der Waals surface area contributed by atoms with Crippen LogP contribution in [0.5, 0.6) is 0 Å². The normalized spacial score (nSPS) is 17.5. The molecule has 0 aromatic rings. The first-order valence-electron chi connectivity index (χ1n) is 23.4. The number of rotatable bonds is 36. The SMILES string of the molecule is CC1CC(NC(=O)SCCC(=O)OCC(COC(=O)CCS)(COC(=O)CCS)COC(=O)CCS)CC(C)(CNC(=O)SCCC(=O)OC(COC(=O)CCS)(COC(=O)CCS)COC(=O)CCS)C1C. The van der Waals surface area contributed by atoms with E-state index < -0.39 is 116 Å². The van der Waals surface area contributed by atoms with Crippen LogP contribution in [-0.4, -0.2) is 169 Å². The summed E-state index contributed by atoms with van der Waals surface area (Å²) < 4.78 is 43.2. The summed E-state index contributed by atoms with van der Waals surface area (Å²) in [4.78, 5) is 126. The van der Waals surface area contributed by atoms with Crippen LogP contribution >= 0.6 is 99.3 Å². The van der Waals surface area contributed by atoms with Gasteiger partial charge in [-0.2, -0.15) is 75.8 Å². The number of esters is 8. The van der Waals surface area contributed by atoms with Crippen LogP contribution in [0.4, 0.5) is 9.59 Å². The standard InChI is InChI=1S/C45H72N2O18S8/c1-30-20-32(47-42(57)73-18-10-39(54)61-26-44(23-58-33(48)4-12-66,24-59-34(49)5-13-67)25-60-35(50)6-14-68)21-43(3,31(30)2)22-46-41(56)72-19-11-40(55)65-45(27-62-36(51)7-15-69,28-63-37(52)8-16-70)29-64-38(53)9-17-71/h30-32,66-71H,4-29H2,1-3H3,(H,46,56)(H,47,57). The summed E-state index contributed by atoms with van der Waals surface area (Å²) in [7, 11) is 0. The molecule has 1 aliphatic rings. The summed E-state index contributed by atoms with van der Waals surface area (Å²) in [5.41, 5.74) is -3.81. The van der Waals surface area contributed by atoms with Gasteiger partial charge in [0.25, 0.3) is 10.5 Å². The highest BCUT2D eigenvalue weighted by molar-refractivity contribution is 8.13. The van der Waals surface area contributed by atoms with Crippen LogP contribution in [0.15, 0.2) is 0 Å². The molecule has 28 heteroatoms. The van der Waals surface area contributed by atoms with Gasteiger partial charge in [-0.3, -0.25) is 47.9 Å². The van der Waals surface area contributed by atoms with Gasteiger partial charge in [-0.25, -0.2) is 0 Å². The van der Waals surface area contributed by atoms with Gasteiger partial charge < -0.3 is 48.5 Å². The zero-order chi connectivity index (χ0) is 54.9. The van der Waals surface area contributed by atoms with Crippen LogP contribution in [0.25, 0.3) is 0 Å². The third-order valence-corrected chi connectivity index (χ3v) is 14.2. The molecule has 0 heterocycles. The van der Waals surface area contributed by atoms with E-state index in [1.54, 1.807) is 0 Å². The van der Waals surface area contributed by atoms with Crippen molar-refractivity contribution >= 4 is 158 Å². The quantitative estimate of drug-likeness (QED) is 0.0231. The minimum Gasteiger partial charge on any atom is -0.465 e. The second kappa shape index (κ2) is 38.1. The van der Waals surface area contributed by atoms with E-state index in [0.717, 1.165) is 23.5 Å². The minimum atomic E-state index is -1.90. The lowest BCUT2D eigenvalue weighted by molar-refractivity contribution is -0.195. The second-order valence-corrected chi connectivity index (χ2v) is 22.3. The van der Waals surface area contributed by atoms with Crippen LogP contribution in [0.2, 0.25) is 0 Å². The van der Waals surface area contributed by atoms with Crippen molar-refractivity contribution in [2.24, 2.45) is 22.7 Å². The molecule has 1 saturated carbocycles. The number of carbonyl (C=O) groups excluding carboxylic acids is 10. The summed E-state index contributed by atoms with van der Waals surface area (Å²) in [5.74, 6) is -4.08. The maximum atomic E-state index is 13.2. The summed E-state index contributed by atoms with van der Waals surface area (Å²) in [6, 6.07) is -0.268. The molecule has 2 N–H and O–H groups in total. The monoisotopic (exact) mass is 1180 g/mol. The Morgan fingerprint density at radius 1 is 0.493 bits per heavy atom. The van der Waals surface area contributed by atoms with Crippen molar-refractivity contribution in [2.75, 3.05) is 98.8 Å². The van der Waals surface area contributed by atoms with Crippen LogP contribution in [0, 0.1) is 22.7 Å². The Morgan fingerprint density at radius 3 is 1.19 bits per heavy atom. The predicted octanol–water partition coefficient (Wildman–Crippen LogP) is 5.08. The minimum absolute atomic E-state index is 0.0280. The van der Waals surface area contributed by atoms with Crippen molar-refractivity contribution in [1.29, 1.82) is 0 Å². The maximum Gasteiger partial charge on any atom is 0.307 e. The Bertz CT molecular complexity index is 1690. The molecule has 73 heavy (non-hydrogen) atoms. The number of thioether (sulfide) groups is 2. The fourth-order valence-corrected chi connectivity index (χ4v) is 9.31. The number of hydrogen-bond donors (Lipinski definition) is 8. The van der Waals surface area contributed by atoms with Crippen molar-refractivity contribution in [3.8, 4) is 0 Å². The molecule has 0 aromatic carbocycles. The van der Waals surface area contributed by atoms with Gasteiger partial charge in [0.15, 0.2) is 0 Å². The Morgan fingerprint density at radius 2 is 0.822 bits per heavy atom. The van der Waals surface area contributed by atoms with Crippen molar-refractivity contribution in [2.45, 2.75) is 96.6 Å². The van der Waals surface area contributed by atoms with Gasteiger partial charge in [-0.1, -0.05) is 44.3 Å². The van der Waals surface area contributed by atoms with E-state index in [1.165, 1.54) is 0 Å². The molecule has 0 aromatic heterocycles. The van der Waals surface area contributed by atoms with Gasteiger partial charge in [0.1, 0.15) is 51.7 Å². The molecular formula is C45H72N2O18S8. The Balaban J connectivity index is 2.89. The van der Waals surface area contributed by atoms with Crippen LogP contribution in [0.3, 0.4) is 0 Å². The fourth-order valence-electron chi connectivity index (χ4n) is 6.88. The highest BCUT2D eigenvalue weighted by Gasteiger charge is 2.43. The summed E-state index contributed by atoms with van der Waals surface area (Å²) in [6.07, 6.45) is 0.370. The Kier molecular flexibility index (Phi) is 35.8. The molecule has 0 bridgehead atoms. The van der Waals surface area contributed by atoms with Crippen LogP contribution < -0.4 is 10.6 Å². The molecule has 4 atom stereocenters. The van der Waals surface area contributed by atoms with Crippen LogP contribution in [0.1, 0.15) is 85.0 Å². The molecule has 4 unspecified atom stereocenters. The van der Waals surface area contributed by atoms with Gasteiger partial charge in [0, 0.05) is 58.6 Å². The lowest BCUT2D eigenvalue weighted by Crippen LogP contribution is -2.51. The molecule has 1 rings (SSSR count). The van der Waals surface area contributed by atoms with E-state index in [4.69, 9.17) is 37.9 Å². The lowest BCUT2D eigenvalue weighted by Gasteiger charge is -2.47. The number of carbonyl (C=O) groups is 10. The highest BCUT2D eigenvalue weighted by atomic mass is 32.2. The second-order valence-electron chi connectivity index (χ2n) is 17.4. The first kappa shape index (κ1) is 68.5. The first-order chi connectivity index (χ1) is 34.6. The van der Waals surface area contributed by atoms with Crippen molar-refractivity contribution in [3.63, 3.8) is 0 Å². The summed E-state index contributed by atoms with van der Waals surface area (Å²) in [5, 5.41) is 5.16. The predicted molar refractivity (Wildman–Crippen MR) is 294 cm³/mol. The van der Waals surface area contributed by atoms with E-state index >= 15 is 0 Å². The molecule has 0 radical (unpaired) electrons. The van der Waals surface area contributed by atoms with Crippen LogP contribution in [-0.2, 0) is 76.3 Å². The van der Waals surface area contributed by atoms with Crippen molar-refractivity contribution < 1.29 is 85.8 Å². The van der Waals surface area contributed by atoms with E-state index in [1.807, 2.05) is 6.92 Å². The smallest absolute Gasteiger partial charge is 0.307 e. The van der Waals surface area contributed by atoms with Gasteiger partial charge in [0.05, 0.1) is 51.4 Å². The zero-order valence-corrected chi connectivity index (χ0v) is 48.5. The molecule has 0 spiro atoms. The number of hydrogen-bond acceptors (Lipinski definition) is 26. The fraction of sp³-hybridized carbons (Fsp3) is 0.778. The van der Waals surface area contributed by atoms with E-state index in [9.17, 15) is 47.9 Å². The van der Waals surface area contributed by atoms with Crippen molar-refractivity contribution in [1.82, 2.24) is 10.6 Å². The summed E-state index contributed by atoms with van der Waals surface area (Å²) in [6.45, 7) is 2.87. The molecule has 20 nitrogen and oxygen atoms in total. The maximum absolute atomic E-state index is 13.2. The summed E-state index contributed by atoms with van der Waals surface area (Å²) >= 11 is 25.9. The molecule has 1 fully saturated rings. The molecular weight excluding hydrogens is 1110 g/mol. The third-order valence-electron chi connectivity index (χ3n) is 11.2. The number of thiol groups is 6. The lowest BCUT2D eigenvalue weighted by atomic mass is 9.62. The van der Waals surface area contributed by atoms with Crippen molar-refractivity contribution in [3.05, 3.63) is 0 Å². The Hall–Kier alpha value is -2.50.